The third kappa shape index (κ3) is 8.21. The summed E-state index contributed by atoms with van der Waals surface area (Å²) >= 11 is 0. The average molecular weight is 244 g/mol. The molecule has 17 heavy (non-hydrogen) atoms. The van der Waals surface area contributed by atoms with Gasteiger partial charge in [-0.15, -0.1) is 0 Å². The highest BCUT2D eigenvalue weighted by atomic mass is 16.5. The van der Waals surface area contributed by atoms with Crippen molar-refractivity contribution in [2.75, 3.05) is 6.61 Å². The fourth-order valence-electron chi connectivity index (χ4n) is 1.67. The predicted octanol–water partition coefficient (Wildman–Crippen LogP) is 2.14. The molecule has 0 rings (SSSR count). The van der Waals surface area contributed by atoms with Crippen molar-refractivity contribution in [2.24, 2.45) is 0 Å². The molecular formula is C12H25BO4. The molecule has 0 fully saturated rings. The van der Waals surface area contributed by atoms with Crippen LogP contribution in [0.15, 0.2) is 0 Å². The fourth-order valence-corrected chi connectivity index (χ4v) is 1.67. The highest BCUT2D eigenvalue weighted by Gasteiger charge is 2.31. The van der Waals surface area contributed by atoms with E-state index < -0.39 is 18.9 Å². The predicted molar refractivity (Wildman–Crippen MR) is 68.6 cm³/mol. The monoisotopic (exact) mass is 244 g/mol. The molecule has 2 N–H and O–H groups in total. The molecule has 0 aromatic carbocycles. The van der Waals surface area contributed by atoms with E-state index in [4.69, 9.17) is 14.8 Å². The minimum absolute atomic E-state index is 0.345. The van der Waals surface area contributed by atoms with E-state index in [-0.39, 0.29) is 0 Å². The first kappa shape index (κ1) is 16.5. The number of ether oxygens (including phenoxy) is 1. The minimum atomic E-state index is -1.61. The normalized spacial score (nSPS) is 12.2. The second-order valence-corrected chi connectivity index (χ2v) is 4.39. The molecule has 5 heteroatoms. The molecule has 0 saturated carbocycles. The van der Waals surface area contributed by atoms with E-state index in [1.165, 1.54) is 12.8 Å². The number of rotatable bonds is 10. The van der Waals surface area contributed by atoms with Crippen LogP contribution in [0.3, 0.4) is 0 Å². The van der Waals surface area contributed by atoms with Crippen LogP contribution in [-0.4, -0.2) is 29.7 Å². The van der Waals surface area contributed by atoms with E-state index in [9.17, 15) is 4.79 Å². The Labute approximate surface area is 105 Å². The van der Waals surface area contributed by atoms with Crippen molar-refractivity contribution in [2.45, 2.75) is 64.6 Å². The molecule has 0 aromatic heterocycles. The topological polar surface area (TPSA) is 66.8 Å². The van der Waals surface area contributed by atoms with Gasteiger partial charge in [0.05, 0.1) is 12.4 Å². The molecule has 0 radical (unpaired) electrons. The summed E-state index contributed by atoms with van der Waals surface area (Å²) in [4.78, 5) is 11.5. The van der Waals surface area contributed by atoms with Crippen LogP contribution in [0, 0.1) is 0 Å². The Hall–Kier alpha value is -0.545. The zero-order valence-corrected chi connectivity index (χ0v) is 11.0. The highest BCUT2D eigenvalue weighted by Crippen LogP contribution is 2.19. The van der Waals surface area contributed by atoms with Gasteiger partial charge in [-0.25, -0.2) is 0 Å². The average Bonchev–Trinajstić information content (AvgIpc) is 2.30. The van der Waals surface area contributed by atoms with Gasteiger partial charge in [0.25, 0.3) is 0 Å². The molecule has 100 valence electrons. The number of hydrogen-bond donors (Lipinski definition) is 2. The molecule has 0 aliphatic carbocycles. The van der Waals surface area contributed by atoms with Crippen LogP contribution in [-0.2, 0) is 9.53 Å². The van der Waals surface area contributed by atoms with Crippen molar-refractivity contribution in [1.29, 1.82) is 0 Å². The van der Waals surface area contributed by atoms with Crippen molar-refractivity contribution in [3.05, 3.63) is 0 Å². The highest BCUT2D eigenvalue weighted by molar-refractivity contribution is 6.48. The lowest BCUT2D eigenvalue weighted by Crippen LogP contribution is -2.29. The summed E-state index contributed by atoms with van der Waals surface area (Å²) in [6.45, 7) is 4.39. The second-order valence-electron chi connectivity index (χ2n) is 4.39. The maximum Gasteiger partial charge on any atom is 0.466 e. The molecular weight excluding hydrogens is 219 g/mol. The molecule has 0 saturated heterocycles. The van der Waals surface area contributed by atoms with E-state index in [1.807, 2.05) is 6.92 Å². The molecule has 4 nitrogen and oxygen atoms in total. The molecule has 0 aliphatic heterocycles. The Morgan fingerprint density at radius 3 is 2.29 bits per heavy atom. The van der Waals surface area contributed by atoms with E-state index in [1.54, 1.807) is 0 Å². The number of carbonyl (C=O) groups is 1. The van der Waals surface area contributed by atoms with E-state index in [2.05, 4.69) is 6.92 Å². The molecule has 0 aromatic rings. The quantitative estimate of drug-likeness (QED) is 0.351. The molecule has 1 unspecified atom stereocenters. The van der Waals surface area contributed by atoms with Crippen LogP contribution >= 0.6 is 0 Å². The van der Waals surface area contributed by atoms with Crippen LogP contribution in [0.25, 0.3) is 0 Å². The maximum absolute atomic E-state index is 11.5. The molecule has 0 amide bonds. The van der Waals surface area contributed by atoms with Gasteiger partial charge in [0, 0.05) is 0 Å². The van der Waals surface area contributed by atoms with Crippen molar-refractivity contribution < 1.29 is 19.6 Å². The van der Waals surface area contributed by atoms with Gasteiger partial charge >= 0.3 is 13.1 Å². The lowest BCUT2D eigenvalue weighted by molar-refractivity contribution is -0.144. The molecule has 0 aliphatic rings. The van der Waals surface area contributed by atoms with Crippen molar-refractivity contribution in [3.8, 4) is 0 Å². The van der Waals surface area contributed by atoms with Crippen LogP contribution in [0.4, 0.5) is 0 Å². The summed E-state index contributed by atoms with van der Waals surface area (Å²) in [5.74, 6) is -1.28. The van der Waals surface area contributed by atoms with E-state index in [0.717, 1.165) is 25.7 Å². The summed E-state index contributed by atoms with van der Waals surface area (Å²) in [5, 5.41) is 18.3. The third-order valence-electron chi connectivity index (χ3n) is 2.73. The minimum Gasteiger partial charge on any atom is -0.466 e. The van der Waals surface area contributed by atoms with E-state index in [0.29, 0.717) is 13.0 Å². The number of carbonyl (C=O) groups excluding carboxylic acids is 1. The van der Waals surface area contributed by atoms with Crippen molar-refractivity contribution in [1.82, 2.24) is 0 Å². The lowest BCUT2D eigenvalue weighted by atomic mass is 9.70. The summed E-state index contributed by atoms with van der Waals surface area (Å²) < 4.78 is 4.93. The summed E-state index contributed by atoms with van der Waals surface area (Å²) in [7, 11) is -1.61. The summed E-state index contributed by atoms with van der Waals surface area (Å²) in [6.07, 6.45) is 6.59. The first-order valence-electron chi connectivity index (χ1n) is 6.66. The van der Waals surface area contributed by atoms with Crippen LogP contribution in [0.5, 0.6) is 0 Å². The SMILES string of the molecule is CCCCCCCC(B(O)O)C(=O)OCCC. The third-order valence-corrected chi connectivity index (χ3v) is 2.73. The number of hydrogen-bond acceptors (Lipinski definition) is 4. The van der Waals surface area contributed by atoms with Gasteiger partial charge in [0.15, 0.2) is 0 Å². The zero-order chi connectivity index (χ0) is 13.1. The van der Waals surface area contributed by atoms with E-state index >= 15 is 0 Å². The first-order valence-corrected chi connectivity index (χ1v) is 6.66. The number of esters is 1. The Kier molecular flexibility index (Phi) is 10.3. The molecule has 0 heterocycles. The summed E-state index contributed by atoms with van der Waals surface area (Å²) in [5.41, 5.74) is 0. The fraction of sp³-hybridized carbons (Fsp3) is 0.917. The Morgan fingerprint density at radius 2 is 1.76 bits per heavy atom. The van der Waals surface area contributed by atoms with Gasteiger partial charge in [-0.2, -0.15) is 0 Å². The molecule has 1 atom stereocenters. The maximum atomic E-state index is 11.5. The Balaban J connectivity index is 3.85. The van der Waals surface area contributed by atoms with Gasteiger partial charge in [-0.1, -0.05) is 46.0 Å². The zero-order valence-electron chi connectivity index (χ0n) is 11.0. The van der Waals surface area contributed by atoms with Crippen LogP contribution in [0.1, 0.15) is 58.8 Å². The smallest absolute Gasteiger partial charge is 0.466 e. The Bertz CT molecular complexity index is 197. The van der Waals surface area contributed by atoms with Crippen molar-refractivity contribution in [3.63, 3.8) is 0 Å². The van der Waals surface area contributed by atoms with Crippen LogP contribution < -0.4 is 0 Å². The largest absolute Gasteiger partial charge is 0.466 e. The standard InChI is InChI=1S/C12H25BO4/c1-3-5-6-7-8-9-11(13(15)16)12(14)17-10-4-2/h11,15-16H,3-10H2,1-2H3. The number of unbranched alkanes of at least 4 members (excludes halogenated alkanes) is 4. The van der Waals surface area contributed by atoms with Gasteiger partial charge in [-0.05, 0) is 12.8 Å². The van der Waals surface area contributed by atoms with Crippen LogP contribution in [0.2, 0.25) is 5.82 Å². The molecule has 0 spiro atoms. The lowest BCUT2D eigenvalue weighted by Gasteiger charge is -2.14. The summed E-state index contributed by atoms with van der Waals surface area (Å²) in [6, 6.07) is 0. The van der Waals surface area contributed by atoms with Crippen molar-refractivity contribution >= 4 is 13.1 Å². The van der Waals surface area contributed by atoms with Gasteiger partial charge in [-0.3, -0.25) is 4.79 Å². The second kappa shape index (κ2) is 10.6. The Morgan fingerprint density at radius 1 is 1.12 bits per heavy atom. The molecule has 0 bridgehead atoms. The van der Waals surface area contributed by atoms with Gasteiger partial charge in [0.2, 0.25) is 0 Å². The van der Waals surface area contributed by atoms with Gasteiger partial charge in [0.1, 0.15) is 0 Å². The first-order chi connectivity index (χ1) is 8.13. The van der Waals surface area contributed by atoms with Gasteiger partial charge < -0.3 is 14.8 Å².